The zero-order valence-corrected chi connectivity index (χ0v) is 12.4. The summed E-state index contributed by atoms with van der Waals surface area (Å²) in [4.78, 5) is 0.937. The lowest BCUT2D eigenvalue weighted by Crippen LogP contribution is -2.42. The molecule has 1 N–H and O–H groups in total. The van der Waals surface area contributed by atoms with Crippen molar-refractivity contribution in [3.05, 3.63) is 28.7 Å². The molecule has 0 saturated heterocycles. The largest absolute Gasteiger partial charge is 0.316 e. The minimum Gasteiger partial charge on any atom is -0.316 e. The summed E-state index contributed by atoms with van der Waals surface area (Å²) in [6.45, 7) is 0. The molecule has 1 aliphatic rings. The van der Waals surface area contributed by atoms with Crippen molar-refractivity contribution >= 4 is 26.7 Å². The molecule has 2 rings (SSSR count). The molecule has 0 bridgehead atoms. The number of benzene rings is 1. The highest BCUT2D eigenvalue weighted by atomic mass is 79.9. The lowest BCUT2D eigenvalue weighted by molar-refractivity contribution is 0.399. The Morgan fingerprint density at radius 3 is 2.82 bits per heavy atom. The molecule has 1 aromatic carbocycles. The van der Waals surface area contributed by atoms with E-state index in [0.29, 0.717) is 6.04 Å². The van der Waals surface area contributed by atoms with Gasteiger partial charge in [0.1, 0.15) is 0 Å². The third kappa shape index (κ3) is 3.18. The van der Waals surface area contributed by atoms with Crippen LogP contribution in [0.1, 0.15) is 25.7 Å². The Morgan fingerprint density at radius 2 is 2.12 bits per heavy atom. The molecule has 2 nitrogen and oxygen atoms in total. The average Bonchev–Trinajstić information content (AvgIpc) is 2.38. The van der Waals surface area contributed by atoms with Crippen LogP contribution in [-0.4, -0.2) is 22.5 Å². The Bertz CT molecular complexity index is 410. The van der Waals surface area contributed by atoms with E-state index in [0.717, 1.165) is 22.2 Å². The number of rotatable bonds is 3. The van der Waals surface area contributed by atoms with Gasteiger partial charge in [0.25, 0.3) is 0 Å². The zero-order chi connectivity index (χ0) is 12.3. The molecule has 1 saturated carbocycles. The van der Waals surface area contributed by atoms with Crippen molar-refractivity contribution < 1.29 is 4.21 Å². The lowest BCUT2D eigenvalue weighted by Gasteiger charge is -2.30. The van der Waals surface area contributed by atoms with Gasteiger partial charge in [0.15, 0.2) is 0 Å². The Labute approximate surface area is 114 Å². The van der Waals surface area contributed by atoms with Crippen molar-refractivity contribution in [2.45, 2.75) is 41.9 Å². The maximum absolute atomic E-state index is 12.6. The molecule has 4 heteroatoms. The molecule has 0 spiro atoms. The molecule has 0 aliphatic heterocycles. The molecule has 1 aliphatic carbocycles. The second-order valence-electron chi connectivity index (χ2n) is 4.47. The van der Waals surface area contributed by atoms with Crippen LogP contribution >= 0.6 is 15.9 Å². The van der Waals surface area contributed by atoms with Gasteiger partial charge in [0, 0.05) is 15.4 Å². The van der Waals surface area contributed by atoms with Gasteiger partial charge in [-0.15, -0.1) is 0 Å². The zero-order valence-electron chi connectivity index (χ0n) is 9.99. The van der Waals surface area contributed by atoms with Crippen LogP contribution in [-0.2, 0) is 10.8 Å². The second-order valence-corrected chi connectivity index (χ2v) is 7.06. The van der Waals surface area contributed by atoms with E-state index >= 15 is 0 Å². The average molecular weight is 316 g/mol. The number of nitrogens with one attached hydrogen (secondary N) is 1. The van der Waals surface area contributed by atoms with Gasteiger partial charge in [-0.25, -0.2) is 0 Å². The molecule has 1 fully saturated rings. The lowest BCUT2D eigenvalue weighted by atomic mass is 9.95. The Kier molecular flexibility index (Phi) is 4.77. The van der Waals surface area contributed by atoms with E-state index in [1.807, 2.05) is 31.3 Å². The van der Waals surface area contributed by atoms with Gasteiger partial charge < -0.3 is 5.32 Å². The first-order valence-electron chi connectivity index (χ1n) is 6.06. The van der Waals surface area contributed by atoms with Crippen LogP contribution in [0.3, 0.4) is 0 Å². The van der Waals surface area contributed by atoms with E-state index in [2.05, 4.69) is 21.2 Å². The smallest absolute Gasteiger partial charge is 0.0577 e. The molecule has 1 aromatic rings. The Morgan fingerprint density at radius 1 is 1.35 bits per heavy atom. The summed E-state index contributed by atoms with van der Waals surface area (Å²) in [6.07, 6.45) is 4.64. The third-order valence-corrected chi connectivity index (χ3v) is 5.70. The van der Waals surface area contributed by atoms with Gasteiger partial charge in [-0.05, 0) is 38.1 Å². The molecule has 3 atom stereocenters. The minimum absolute atomic E-state index is 0.253. The highest BCUT2D eigenvalue weighted by molar-refractivity contribution is 9.10. The summed E-state index contributed by atoms with van der Waals surface area (Å²) in [5, 5.41) is 3.57. The van der Waals surface area contributed by atoms with Crippen LogP contribution < -0.4 is 5.32 Å². The second kappa shape index (κ2) is 6.12. The van der Waals surface area contributed by atoms with E-state index in [1.165, 1.54) is 12.8 Å². The van der Waals surface area contributed by atoms with Gasteiger partial charge in [-0.3, -0.25) is 4.21 Å². The fourth-order valence-corrected chi connectivity index (χ4v) is 4.76. The fraction of sp³-hybridized carbons (Fsp3) is 0.538. The number of hydrogen-bond acceptors (Lipinski definition) is 2. The van der Waals surface area contributed by atoms with Gasteiger partial charge in [-0.2, -0.15) is 0 Å². The van der Waals surface area contributed by atoms with Crippen LogP contribution in [0.4, 0.5) is 0 Å². The maximum Gasteiger partial charge on any atom is 0.0577 e. The quantitative estimate of drug-likeness (QED) is 0.928. The van der Waals surface area contributed by atoms with Gasteiger partial charge in [-0.1, -0.05) is 34.8 Å². The van der Waals surface area contributed by atoms with Crippen molar-refractivity contribution in [3.63, 3.8) is 0 Å². The Hall–Kier alpha value is -0.190. The van der Waals surface area contributed by atoms with Crippen molar-refractivity contribution in [3.8, 4) is 0 Å². The van der Waals surface area contributed by atoms with E-state index in [-0.39, 0.29) is 5.25 Å². The molecule has 0 radical (unpaired) electrons. The first-order valence-corrected chi connectivity index (χ1v) is 8.06. The monoisotopic (exact) mass is 315 g/mol. The van der Waals surface area contributed by atoms with Crippen molar-refractivity contribution in [1.82, 2.24) is 5.32 Å². The first-order chi connectivity index (χ1) is 8.22. The number of halogens is 1. The van der Waals surface area contributed by atoms with E-state index < -0.39 is 10.8 Å². The van der Waals surface area contributed by atoms with E-state index in [4.69, 9.17) is 0 Å². The highest BCUT2D eigenvalue weighted by Gasteiger charge is 2.29. The summed E-state index contributed by atoms with van der Waals surface area (Å²) in [6, 6.07) is 8.24. The van der Waals surface area contributed by atoms with E-state index in [9.17, 15) is 4.21 Å². The maximum atomic E-state index is 12.6. The molecular formula is C13H18BrNOS. The standard InChI is InChI=1S/C13H18BrNOS/c1-15-12-7-2-3-8-13(12)17(16)11-6-4-5-10(14)9-11/h4-6,9,12-13,15H,2-3,7-8H2,1H3. The summed E-state index contributed by atoms with van der Waals surface area (Å²) in [5.74, 6) is 0. The molecule has 0 heterocycles. The summed E-state index contributed by atoms with van der Waals surface area (Å²) in [7, 11) is 1.07. The van der Waals surface area contributed by atoms with Crippen LogP contribution in [0.2, 0.25) is 0 Å². The number of hydrogen-bond donors (Lipinski definition) is 1. The van der Waals surface area contributed by atoms with Crippen LogP contribution in [0.25, 0.3) is 0 Å². The molecular weight excluding hydrogens is 298 g/mol. The molecule has 94 valence electrons. The van der Waals surface area contributed by atoms with E-state index in [1.54, 1.807) is 0 Å². The SMILES string of the molecule is CNC1CCCCC1S(=O)c1cccc(Br)c1. The predicted octanol–water partition coefficient (Wildman–Crippen LogP) is 3.09. The summed E-state index contributed by atoms with van der Waals surface area (Å²) >= 11 is 3.44. The van der Waals surface area contributed by atoms with Crippen molar-refractivity contribution in [1.29, 1.82) is 0 Å². The van der Waals surface area contributed by atoms with Crippen LogP contribution in [0.5, 0.6) is 0 Å². The minimum atomic E-state index is -0.903. The van der Waals surface area contributed by atoms with Crippen LogP contribution in [0.15, 0.2) is 33.6 Å². The highest BCUT2D eigenvalue weighted by Crippen LogP contribution is 2.27. The predicted molar refractivity (Wildman–Crippen MR) is 75.7 cm³/mol. The molecule has 3 unspecified atom stereocenters. The molecule has 0 aromatic heterocycles. The molecule has 17 heavy (non-hydrogen) atoms. The van der Waals surface area contributed by atoms with Crippen LogP contribution in [0, 0.1) is 0 Å². The van der Waals surface area contributed by atoms with Gasteiger partial charge in [0.2, 0.25) is 0 Å². The summed E-state index contributed by atoms with van der Waals surface area (Å²) in [5.41, 5.74) is 0. The Balaban J connectivity index is 2.18. The topological polar surface area (TPSA) is 29.1 Å². The van der Waals surface area contributed by atoms with Crippen molar-refractivity contribution in [2.24, 2.45) is 0 Å². The third-order valence-electron chi connectivity index (χ3n) is 3.38. The molecule has 0 amide bonds. The fourth-order valence-electron chi connectivity index (χ4n) is 2.45. The first kappa shape index (κ1) is 13.2. The van der Waals surface area contributed by atoms with Crippen molar-refractivity contribution in [2.75, 3.05) is 7.05 Å². The normalized spacial score (nSPS) is 26.7. The van der Waals surface area contributed by atoms with Gasteiger partial charge in [0.05, 0.1) is 16.0 Å². The van der Waals surface area contributed by atoms with Gasteiger partial charge >= 0.3 is 0 Å². The summed E-state index contributed by atoms with van der Waals surface area (Å²) < 4.78 is 13.6.